The zero-order valence-corrected chi connectivity index (χ0v) is 8.73. The Bertz CT molecular complexity index is 118. The van der Waals surface area contributed by atoms with Crippen LogP contribution in [0.1, 0.15) is 40.0 Å². The fourth-order valence-corrected chi connectivity index (χ4v) is 1.18. The summed E-state index contributed by atoms with van der Waals surface area (Å²) in [6.45, 7) is 12.1. The van der Waals surface area contributed by atoms with Gasteiger partial charge in [-0.05, 0) is 25.7 Å². The summed E-state index contributed by atoms with van der Waals surface area (Å²) < 4.78 is 5.50. The van der Waals surface area contributed by atoms with E-state index in [1.807, 2.05) is 0 Å². The fraction of sp³-hybridized carbons (Fsp3) is 0.818. The maximum atomic E-state index is 5.50. The Morgan fingerprint density at radius 2 is 2.17 bits per heavy atom. The van der Waals surface area contributed by atoms with Gasteiger partial charge in [-0.3, -0.25) is 0 Å². The second-order valence-corrected chi connectivity index (χ2v) is 3.69. The second-order valence-electron chi connectivity index (χ2n) is 3.69. The molecule has 0 radical (unpaired) electrons. The van der Waals surface area contributed by atoms with Crippen LogP contribution in [0.5, 0.6) is 0 Å². The van der Waals surface area contributed by atoms with Gasteiger partial charge in [0, 0.05) is 13.2 Å². The minimum Gasteiger partial charge on any atom is -0.381 e. The van der Waals surface area contributed by atoms with Crippen LogP contribution < -0.4 is 0 Å². The molecule has 0 aromatic heterocycles. The molecule has 0 aliphatic heterocycles. The molecule has 0 aliphatic carbocycles. The Hall–Kier alpha value is -0.300. The quantitative estimate of drug-likeness (QED) is 0.420. The lowest BCUT2D eigenvalue weighted by Crippen LogP contribution is -2.06. The van der Waals surface area contributed by atoms with E-state index < -0.39 is 0 Å². The van der Waals surface area contributed by atoms with Crippen LogP contribution >= 0.6 is 0 Å². The molecule has 0 bridgehead atoms. The number of ether oxygens (including phenoxy) is 1. The van der Waals surface area contributed by atoms with Gasteiger partial charge in [0.2, 0.25) is 0 Å². The minimum atomic E-state index is 0.624. The molecule has 12 heavy (non-hydrogen) atoms. The number of hydrogen-bond acceptors (Lipinski definition) is 1. The highest BCUT2D eigenvalue weighted by molar-refractivity contribution is 4.89. The highest BCUT2D eigenvalue weighted by Crippen LogP contribution is 2.09. The van der Waals surface area contributed by atoms with Gasteiger partial charge in [0.05, 0.1) is 0 Å². The summed E-state index contributed by atoms with van der Waals surface area (Å²) in [6.07, 6.45) is 3.49. The predicted molar refractivity (Wildman–Crippen MR) is 54.3 cm³/mol. The molecule has 1 nitrogen and oxygen atoms in total. The molecule has 0 saturated heterocycles. The van der Waals surface area contributed by atoms with Crippen molar-refractivity contribution in [3.8, 4) is 0 Å². The molecule has 0 fully saturated rings. The van der Waals surface area contributed by atoms with Gasteiger partial charge < -0.3 is 4.74 Å². The fourth-order valence-electron chi connectivity index (χ4n) is 1.18. The van der Waals surface area contributed by atoms with Crippen LogP contribution in [0.2, 0.25) is 0 Å². The summed E-state index contributed by atoms with van der Waals surface area (Å²) in [4.78, 5) is 0. The third-order valence-electron chi connectivity index (χ3n) is 1.74. The molecule has 0 heterocycles. The largest absolute Gasteiger partial charge is 0.381 e. The van der Waals surface area contributed by atoms with Gasteiger partial charge in [-0.15, -0.1) is 6.58 Å². The Balaban J connectivity index is 3.19. The van der Waals surface area contributed by atoms with Crippen LogP contribution in [0.3, 0.4) is 0 Å². The van der Waals surface area contributed by atoms with E-state index in [-0.39, 0.29) is 0 Å². The minimum absolute atomic E-state index is 0.624. The van der Waals surface area contributed by atoms with E-state index in [0.29, 0.717) is 5.92 Å². The highest BCUT2D eigenvalue weighted by atomic mass is 16.5. The molecular weight excluding hydrogens is 148 g/mol. The van der Waals surface area contributed by atoms with E-state index in [1.165, 1.54) is 18.4 Å². The van der Waals surface area contributed by atoms with E-state index in [0.717, 1.165) is 19.6 Å². The molecule has 1 heteroatoms. The van der Waals surface area contributed by atoms with Gasteiger partial charge in [-0.25, -0.2) is 0 Å². The number of hydrogen-bond donors (Lipinski definition) is 0. The Morgan fingerprint density at radius 1 is 1.50 bits per heavy atom. The van der Waals surface area contributed by atoms with Crippen LogP contribution in [0.4, 0.5) is 0 Å². The van der Waals surface area contributed by atoms with Gasteiger partial charge in [-0.2, -0.15) is 0 Å². The Morgan fingerprint density at radius 3 is 2.67 bits per heavy atom. The summed E-state index contributed by atoms with van der Waals surface area (Å²) >= 11 is 0. The van der Waals surface area contributed by atoms with E-state index in [2.05, 4.69) is 27.4 Å². The van der Waals surface area contributed by atoms with Crippen molar-refractivity contribution in [2.24, 2.45) is 5.92 Å². The topological polar surface area (TPSA) is 9.23 Å². The summed E-state index contributed by atoms with van der Waals surface area (Å²) in [5.74, 6) is 0.624. The molecule has 0 saturated carbocycles. The number of unbranched alkanes of at least 4 members (excludes halogenated alkanes) is 1. The van der Waals surface area contributed by atoms with Crippen LogP contribution in [0, 0.1) is 5.92 Å². The summed E-state index contributed by atoms with van der Waals surface area (Å²) in [7, 11) is 0. The smallest absolute Gasteiger partial charge is 0.0494 e. The van der Waals surface area contributed by atoms with Crippen LogP contribution in [0.25, 0.3) is 0 Å². The lowest BCUT2D eigenvalue weighted by molar-refractivity contribution is 0.102. The first-order valence-electron chi connectivity index (χ1n) is 4.89. The zero-order chi connectivity index (χ0) is 9.40. The van der Waals surface area contributed by atoms with Gasteiger partial charge >= 0.3 is 0 Å². The molecule has 0 amide bonds. The van der Waals surface area contributed by atoms with E-state index in [4.69, 9.17) is 4.74 Å². The number of allylic oxidation sites excluding steroid dienone is 1. The van der Waals surface area contributed by atoms with E-state index in [9.17, 15) is 0 Å². The van der Waals surface area contributed by atoms with Crippen LogP contribution in [0.15, 0.2) is 12.2 Å². The third-order valence-corrected chi connectivity index (χ3v) is 1.74. The molecule has 0 spiro atoms. The molecule has 0 aromatic rings. The summed E-state index contributed by atoms with van der Waals surface area (Å²) in [6, 6.07) is 0. The van der Waals surface area contributed by atoms with Gasteiger partial charge in [0.15, 0.2) is 0 Å². The first kappa shape index (κ1) is 11.7. The lowest BCUT2D eigenvalue weighted by atomic mass is 10.0. The van der Waals surface area contributed by atoms with Gasteiger partial charge in [-0.1, -0.05) is 25.8 Å². The van der Waals surface area contributed by atoms with Crippen molar-refractivity contribution in [2.75, 3.05) is 13.2 Å². The first-order valence-corrected chi connectivity index (χ1v) is 4.89. The molecule has 1 atom stereocenters. The molecule has 1 unspecified atom stereocenters. The summed E-state index contributed by atoms with van der Waals surface area (Å²) in [5, 5.41) is 0. The van der Waals surface area contributed by atoms with Crippen molar-refractivity contribution >= 4 is 0 Å². The van der Waals surface area contributed by atoms with E-state index in [1.54, 1.807) is 0 Å². The SMILES string of the molecule is C=C(C)CC(C)COCCCC. The van der Waals surface area contributed by atoms with Crippen molar-refractivity contribution in [1.29, 1.82) is 0 Å². The second kappa shape index (κ2) is 7.35. The molecule has 72 valence electrons. The molecule has 0 rings (SSSR count). The van der Waals surface area contributed by atoms with Gasteiger partial charge in [0.25, 0.3) is 0 Å². The van der Waals surface area contributed by atoms with Crippen molar-refractivity contribution in [3.63, 3.8) is 0 Å². The van der Waals surface area contributed by atoms with Crippen LogP contribution in [-0.4, -0.2) is 13.2 Å². The lowest BCUT2D eigenvalue weighted by Gasteiger charge is -2.11. The van der Waals surface area contributed by atoms with Crippen molar-refractivity contribution < 1.29 is 4.74 Å². The average molecular weight is 170 g/mol. The standard InChI is InChI=1S/C11H22O/c1-5-6-7-12-9-11(4)8-10(2)3/h11H,2,5-9H2,1,3-4H3. The Labute approximate surface area is 76.8 Å². The first-order chi connectivity index (χ1) is 5.66. The van der Waals surface area contributed by atoms with Crippen molar-refractivity contribution in [2.45, 2.75) is 40.0 Å². The van der Waals surface area contributed by atoms with Crippen molar-refractivity contribution in [3.05, 3.63) is 12.2 Å². The zero-order valence-electron chi connectivity index (χ0n) is 8.73. The molecule has 0 aliphatic rings. The monoisotopic (exact) mass is 170 g/mol. The van der Waals surface area contributed by atoms with E-state index >= 15 is 0 Å². The molecule has 0 aromatic carbocycles. The summed E-state index contributed by atoms with van der Waals surface area (Å²) in [5.41, 5.74) is 1.25. The van der Waals surface area contributed by atoms with Crippen molar-refractivity contribution in [1.82, 2.24) is 0 Å². The maximum absolute atomic E-state index is 5.50. The predicted octanol–water partition coefficient (Wildman–Crippen LogP) is 3.41. The highest BCUT2D eigenvalue weighted by Gasteiger charge is 2.01. The Kier molecular flexibility index (Phi) is 7.17. The number of rotatable bonds is 7. The average Bonchev–Trinajstić information content (AvgIpc) is 1.97. The normalized spacial score (nSPS) is 12.9. The maximum Gasteiger partial charge on any atom is 0.0494 e. The van der Waals surface area contributed by atoms with Crippen LogP contribution in [-0.2, 0) is 4.74 Å². The third kappa shape index (κ3) is 7.80. The van der Waals surface area contributed by atoms with Gasteiger partial charge in [0.1, 0.15) is 0 Å². The molecule has 0 N–H and O–H groups in total. The molecular formula is C11H22O.